The second kappa shape index (κ2) is 4.45. The summed E-state index contributed by atoms with van der Waals surface area (Å²) in [6, 6.07) is 0. The molecule has 0 bridgehead atoms. The summed E-state index contributed by atoms with van der Waals surface area (Å²) in [5, 5.41) is 4.26. The second-order valence-electron chi connectivity index (χ2n) is 2.67. The normalized spacial score (nSPS) is 10.0. The Morgan fingerprint density at radius 1 is 1.62 bits per heavy atom. The van der Waals surface area contributed by atoms with E-state index in [-0.39, 0.29) is 0 Å². The van der Waals surface area contributed by atoms with E-state index in [1.165, 1.54) is 0 Å². The van der Waals surface area contributed by atoms with E-state index in [4.69, 9.17) is 11.2 Å². The number of rotatable bonds is 3. The maximum atomic E-state index is 5.16. The van der Waals surface area contributed by atoms with Crippen molar-refractivity contribution < 1.29 is 4.74 Å². The maximum Gasteiger partial charge on any atom is 0.140 e. The highest BCUT2D eigenvalue weighted by Gasteiger charge is 2.07. The summed E-state index contributed by atoms with van der Waals surface area (Å²) in [6.07, 6.45) is 5.05. The van der Waals surface area contributed by atoms with E-state index >= 15 is 0 Å². The van der Waals surface area contributed by atoms with Gasteiger partial charge in [-0.05, 0) is 29.8 Å². The van der Waals surface area contributed by atoms with Gasteiger partial charge in [-0.2, -0.15) is 5.10 Å². The first-order chi connectivity index (χ1) is 6.16. The van der Waals surface area contributed by atoms with Gasteiger partial charge < -0.3 is 4.74 Å². The third kappa shape index (κ3) is 2.33. The number of aromatic nitrogens is 2. The molecule has 0 unspecified atom stereocenters. The molecular weight excluding hydrogens is 232 g/mol. The number of aryl methyl sites for hydroxylation is 1. The quantitative estimate of drug-likeness (QED) is 0.598. The first-order valence-electron chi connectivity index (χ1n) is 3.87. The monoisotopic (exact) mass is 242 g/mol. The van der Waals surface area contributed by atoms with Crippen LogP contribution in [0.15, 0.2) is 4.47 Å². The van der Waals surface area contributed by atoms with E-state index in [9.17, 15) is 0 Å². The molecule has 0 saturated carbocycles. The Hall–Kier alpha value is -0.790. The lowest BCUT2D eigenvalue weighted by Gasteiger charge is -2.02. The van der Waals surface area contributed by atoms with Crippen molar-refractivity contribution in [3.63, 3.8) is 0 Å². The first-order valence-corrected chi connectivity index (χ1v) is 4.67. The summed E-state index contributed by atoms with van der Waals surface area (Å²) in [7, 11) is 0. The fourth-order valence-corrected chi connectivity index (χ4v) is 1.28. The van der Waals surface area contributed by atoms with Gasteiger partial charge in [-0.25, -0.2) is 4.68 Å². The van der Waals surface area contributed by atoms with Gasteiger partial charge in [0.1, 0.15) is 13.3 Å². The molecule has 13 heavy (non-hydrogen) atoms. The second-order valence-corrected chi connectivity index (χ2v) is 3.46. The molecular formula is C9H11BrN2O. The van der Waals surface area contributed by atoms with E-state index in [0.29, 0.717) is 13.3 Å². The van der Waals surface area contributed by atoms with Gasteiger partial charge in [0.2, 0.25) is 0 Å². The number of halogens is 1. The number of hydrogen-bond acceptors (Lipinski definition) is 2. The van der Waals surface area contributed by atoms with E-state index in [0.717, 1.165) is 15.9 Å². The van der Waals surface area contributed by atoms with Gasteiger partial charge in [0.25, 0.3) is 0 Å². The molecule has 1 aromatic rings. The van der Waals surface area contributed by atoms with E-state index in [1.807, 2.05) is 13.8 Å². The van der Waals surface area contributed by atoms with E-state index < -0.39 is 0 Å². The zero-order valence-electron chi connectivity index (χ0n) is 7.67. The van der Waals surface area contributed by atoms with Gasteiger partial charge in [-0.3, -0.25) is 0 Å². The van der Waals surface area contributed by atoms with Crippen LogP contribution in [-0.2, 0) is 11.5 Å². The number of terminal acetylenes is 1. The molecule has 0 aliphatic rings. The predicted octanol–water partition coefficient (Wildman–Crippen LogP) is 1.87. The molecule has 1 heterocycles. The molecule has 0 radical (unpaired) electrons. The summed E-state index contributed by atoms with van der Waals surface area (Å²) in [6.45, 7) is 4.64. The molecule has 0 aliphatic carbocycles. The summed E-state index contributed by atoms with van der Waals surface area (Å²) in [5.41, 5.74) is 2.01. The standard InChI is InChI=1S/C9H11BrN2O/c1-4-5-13-6-12-8(3)9(10)7(2)11-12/h1H,5-6H2,2-3H3. The van der Waals surface area contributed by atoms with Gasteiger partial charge in [-0.1, -0.05) is 5.92 Å². The molecule has 0 N–H and O–H groups in total. The summed E-state index contributed by atoms with van der Waals surface area (Å²) >= 11 is 3.43. The number of hydrogen-bond donors (Lipinski definition) is 0. The van der Waals surface area contributed by atoms with Crippen molar-refractivity contribution in [3.05, 3.63) is 15.9 Å². The highest BCUT2D eigenvalue weighted by atomic mass is 79.9. The topological polar surface area (TPSA) is 27.1 Å². The van der Waals surface area contributed by atoms with Crippen LogP contribution in [0, 0.1) is 26.2 Å². The Balaban J connectivity index is 2.68. The fourth-order valence-electron chi connectivity index (χ4n) is 0.992. The predicted molar refractivity (Wildman–Crippen MR) is 54.2 cm³/mol. The van der Waals surface area contributed by atoms with Crippen LogP contribution >= 0.6 is 15.9 Å². The molecule has 0 fully saturated rings. The van der Waals surface area contributed by atoms with Crippen molar-refractivity contribution in [1.29, 1.82) is 0 Å². The van der Waals surface area contributed by atoms with Crippen LogP contribution in [0.25, 0.3) is 0 Å². The zero-order chi connectivity index (χ0) is 9.84. The molecule has 0 saturated heterocycles. The Morgan fingerprint density at radius 3 is 2.77 bits per heavy atom. The van der Waals surface area contributed by atoms with Gasteiger partial charge >= 0.3 is 0 Å². The third-order valence-corrected chi connectivity index (χ3v) is 2.84. The Labute approximate surface area is 86.2 Å². The minimum absolute atomic E-state index is 0.315. The van der Waals surface area contributed by atoms with Crippen molar-refractivity contribution in [1.82, 2.24) is 9.78 Å². The molecule has 3 nitrogen and oxygen atoms in total. The van der Waals surface area contributed by atoms with Gasteiger partial charge in [0.05, 0.1) is 15.9 Å². The average molecular weight is 243 g/mol. The van der Waals surface area contributed by atoms with Crippen LogP contribution in [0.4, 0.5) is 0 Å². The van der Waals surface area contributed by atoms with Crippen molar-refractivity contribution in [3.8, 4) is 12.3 Å². The average Bonchev–Trinajstić information content (AvgIpc) is 2.34. The third-order valence-electron chi connectivity index (χ3n) is 1.69. The number of ether oxygens (including phenoxy) is 1. The summed E-state index contributed by atoms with van der Waals surface area (Å²) in [4.78, 5) is 0. The largest absolute Gasteiger partial charge is 0.347 e. The van der Waals surface area contributed by atoms with E-state index in [1.54, 1.807) is 4.68 Å². The Morgan fingerprint density at radius 2 is 2.31 bits per heavy atom. The Kier molecular flexibility index (Phi) is 3.52. The van der Waals surface area contributed by atoms with Gasteiger partial charge in [0, 0.05) is 0 Å². The van der Waals surface area contributed by atoms with Crippen molar-refractivity contribution in [2.45, 2.75) is 20.6 Å². The maximum absolute atomic E-state index is 5.16. The summed E-state index contributed by atoms with van der Waals surface area (Å²) in [5.74, 6) is 2.40. The molecule has 0 aromatic carbocycles. The lowest BCUT2D eigenvalue weighted by Crippen LogP contribution is -2.06. The molecule has 4 heteroatoms. The highest BCUT2D eigenvalue weighted by molar-refractivity contribution is 9.10. The molecule has 70 valence electrons. The van der Waals surface area contributed by atoms with Crippen LogP contribution in [0.2, 0.25) is 0 Å². The molecule has 0 atom stereocenters. The number of nitrogens with zero attached hydrogens (tertiary/aromatic N) is 2. The van der Waals surface area contributed by atoms with Crippen LogP contribution < -0.4 is 0 Å². The zero-order valence-corrected chi connectivity index (χ0v) is 9.26. The minimum atomic E-state index is 0.315. The fraction of sp³-hybridized carbons (Fsp3) is 0.444. The van der Waals surface area contributed by atoms with Crippen molar-refractivity contribution in [2.24, 2.45) is 0 Å². The lowest BCUT2D eigenvalue weighted by atomic mass is 10.4. The molecule has 1 rings (SSSR count). The van der Waals surface area contributed by atoms with Crippen LogP contribution in [0.5, 0.6) is 0 Å². The molecule has 0 amide bonds. The minimum Gasteiger partial charge on any atom is -0.347 e. The Bertz CT molecular complexity index is 338. The van der Waals surface area contributed by atoms with Gasteiger partial charge in [-0.15, -0.1) is 6.42 Å². The molecule has 1 aromatic heterocycles. The molecule has 0 spiro atoms. The van der Waals surface area contributed by atoms with Crippen molar-refractivity contribution >= 4 is 15.9 Å². The van der Waals surface area contributed by atoms with Crippen LogP contribution in [0.3, 0.4) is 0 Å². The molecule has 0 aliphatic heterocycles. The lowest BCUT2D eigenvalue weighted by molar-refractivity contribution is 0.0930. The smallest absolute Gasteiger partial charge is 0.140 e. The summed E-state index contributed by atoms with van der Waals surface area (Å²) < 4.78 is 7.96. The van der Waals surface area contributed by atoms with Crippen LogP contribution in [-0.4, -0.2) is 16.4 Å². The first kappa shape index (κ1) is 10.3. The van der Waals surface area contributed by atoms with Crippen molar-refractivity contribution in [2.75, 3.05) is 6.61 Å². The highest BCUT2D eigenvalue weighted by Crippen LogP contribution is 2.19. The SMILES string of the molecule is C#CCOCn1nc(C)c(Br)c1C. The van der Waals surface area contributed by atoms with E-state index in [2.05, 4.69) is 26.9 Å². The van der Waals surface area contributed by atoms with Gasteiger partial charge in [0.15, 0.2) is 0 Å². The van der Waals surface area contributed by atoms with Crippen LogP contribution in [0.1, 0.15) is 11.4 Å².